The fourth-order valence-corrected chi connectivity index (χ4v) is 6.70. The van der Waals surface area contributed by atoms with Crippen molar-refractivity contribution in [1.82, 2.24) is 29.5 Å². The Morgan fingerprint density at radius 1 is 1.08 bits per heavy atom. The molecule has 1 aliphatic rings. The molecule has 11 heteroatoms. The molecule has 5 heterocycles. The van der Waals surface area contributed by atoms with Crippen LogP contribution in [-0.4, -0.2) is 57.4 Å². The number of halogens is 1. The second-order valence-electron chi connectivity index (χ2n) is 10.3. The molecule has 0 amide bonds. The van der Waals surface area contributed by atoms with Crippen LogP contribution in [0.4, 0.5) is 0 Å². The zero-order valence-corrected chi connectivity index (χ0v) is 23.6. The first-order chi connectivity index (χ1) is 18.7. The molecule has 6 rings (SSSR count). The van der Waals surface area contributed by atoms with Crippen LogP contribution in [0.3, 0.4) is 0 Å². The molecule has 0 unspecified atom stereocenters. The maximum absolute atomic E-state index is 12.2. The lowest BCUT2D eigenvalue weighted by Crippen LogP contribution is -2.27. The van der Waals surface area contributed by atoms with Gasteiger partial charge in [0.15, 0.2) is 9.84 Å². The number of pyridine rings is 2. The van der Waals surface area contributed by atoms with Crippen LogP contribution in [0.15, 0.2) is 48.8 Å². The molecule has 1 saturated heterocycles. The Morgan fingerprint density at radius 3 is 2.54 bits per heavy atom. The van der Waals surface area contributed by atoms with E-state index in [1.54, 1.807) is 10.9 Å². The van der Waals surface area contributed by atoms with E-state index < -0.39 is 9.84 Å². The monoisotopic (exact) mass is 564 g/mol. The van der Waals surface area contributed by atoms with Crippen molar-refractivity contribution < 1.29 is 13.2 Å². The summed E-state index contributed by atoms with van der Waals surface area (Å²) in [6, 6.07) is 11.7. The van der Waals surface area contributed by atoms with Gasteiger partial charge >= 0.3 is 0 Å². The summed E-state index contributed by atoms with van der Waals surface area (Å²) >= 11 is 6.24. The number of sulfone groups is 1. The topological polar surface area (TPSA) is 105 Å². The van der Waals surface area contributed by atoms with Gasteiger partial charge in [-0.2, -0.15) is 0 Å². The molecule has 0 saturated carbocycles. The lowest BCUT2D eigenvalue weighted by Gasteiger charge is -2.32. The van der Waals surface area contributed by atoms with Crippen LogP contribution in [0.2, 0.25) is 5.02 Å². The predicted octanol–water partition coefficient (Wildman–Crippen LogP) is 4.90. The molecule has 9 nitrogen and oxygen atoms in total. The van der Waals surface area contributed by atoms with E-state index in [0.717, 1.165) is 63.0 Å². The molecule has 4 aromatic heterocycles. The summed E-state index contributed by atoms with van der Waals surface area (Å²) in [5, 5.41) is 9.95. The summed E-state index contributed by atoms with van der Waals surface area (Å²) in [4.78, 5) is 9.71. The van der Waals surface area contributed by atoms with Crippen LogP contribution in [0.25, 0.3) is 33.2 Å². The smallest absolute Gasteiger partial charge is 0.151 e. The molecule has 1 atom stereocenters. The van der Waals surface area contributed by atoms with Crippen molar-refractivity contribution in [2.45, 2.75) is 31.6 Å². The minimum atomic E-state index is -3.22. The minimum Gasteiger partial charge on any atom is -0.381 e. The van der Waals surface area contributed by atoms with E-state index in [1.165, 1.54) is 6.26 Å². The summed E-state index contributed by atoms with van der Waals surface area (Å²) in [6.45, 7) is 3.28. The first kappa shape index (κ1) is 25.9. The summed E-state index contributed by atoms with van der Waals surface area (Å²) in [5.41, 5.74) is 6.94. The highest BCUT2D eigenvalue weighted by atomic mass is 35.5. The summed E-state index contributed by atoms with van der Waals surface area (Å²) < 4.78 is 34.2. The van der Waals surface area contributed by atoms with Gasteiger partial charge in [0, 0.05) is 49.9 Å². The van der Waals surface area contributed by atoms with Crippen LogP contribution < -0.4 is 0 Å². The maximum atomic E-state index is 12.2. The number of ether oxygens (including phenoxy) is 1. The Labute approximate surface area is 231 Å². The number of aryl methyl sites for hydroxylation is 2. The van der Waals surface area contributed by atoms with Gasteiger partial charge in [0.25, 0.3) is 0 Å². The van der Waals surface area contributed by atoms with E-state index in [9.17, 15) is 8.42 Å². The second kappa shape index (κ2) is 10.0. The van der Waals surface area contributed by atoms with Crippen molar-refractivity contribution in [3.8, 4) is 11.3 Å². The second-order valence-corrected chi connectivity index (χ2v) is 12.9. The van der Waals surface area contributed by atoms with Gasteiger partial charge in [0.05, 0.1) is 50.4 Å². The fourth-order valence-electron chi connectivity index (χ4n) is 5.81. The third kappa shape index (κ3) is 4.92. The van der Waals surface area contributed by atoms with Crippen LogP contribution in [0.5, 0.6) is 0 Å². The van der Waals surface area contributed by atoms with Crippen molar-refractivity contribution >= 4 is 43.4 Å². The van der Waals surface area contributed by atoms with E-state index in [-0.39, 0.29) is 17.7 Å². The first-order valence-corrected chi connectivity index (χ1v) is 15.3. The lowest BCUT2D eigenvalue weighted by atomic mass is 9.88. The minimum absolute atomic E-state index is 0.0375. The zero-order valence-electron chi connectivity index (χ0n) is 22.0. The standard InChI is InChI=1S/C28H29ClN6O3S/c1-17-27(34(2)33-32-17)20-13-25-26(31-14-20)22-6-4-18(16-39(3,36)37)12-24(22)35(25)28(19-8-10-38-11-9-19)23-7-5-21(29)15-30-23/h4-7,12-15,19,28H,8-11,16H2,1-3H3/t28-/m1/s1. The molecule has 0 radical (unpaired) electrons. The van der Waals surface area contributed by atoms with Crippen LogP contribution in [0.1, 0.15) is 35.8 Å². The third-order valence-corrected chi connectivity index (χ3v) is 8.53. The van der Waals surface area contributed by atoms with Crippen molar-refractivity contribution in [2.24, 2.45) is 13.0 Å². The number of hydrogen-bond donors (Lipinski definition) is 0. The molecule has 202 valence electrons. The molecular weight excluding hydrogens is 536 g/mol. The largest absolute Gasteiger partial charge is 0.381 e. The van der Waals surface area contributed by atoms with E-state index in [4.69, 9.17) is 26.3 Å². The molecule has 1 aliphatic heterocycles. The number of fused-ring (bicyclic) bond motifs is 3. The van der Waals surface area contributed by atoms with Crippen LogP contribution >= 0.6 is 11.6 Å². The van der Waals surface area contributed by atoms with Gasteiger partial charge in [-0.15, -0.1) is 5.10 Å². The normalized spacial score (nSPS) is 15.8. The zero-order chi connectivity index (χ0) is 27.3. The molecule has 1 fully saturated rings. The molecule has 39 heavy (non-hydrogen) atoms. The van der Waals surface area contributed by atoms with Crippen molar-refractivity contribution in [3.63, 3.8) is 0 Å². The lowest BCUT2D eigenvalue weighted by molar-refractivity contribution is 0.0548. The van der Waals surface area contributed by atoms with Crippen molar-refractivity contribution in [3.05, 3.63) is 70.8 Å². The average molecular weight is 565 g/mol. The Bertz CT molecular complexity index is 1770. The van der Waals surface area contributed by atoms with E-state index in [0.29, 0.717) is 18.2 Å². The fraction of sp³-hybridized carbons (Fsp3) is 0.357. The van der Waals surface area contributed by atoms with E-state index >= 15 is 0 Å². The van der Waals surface area contributed by atoms with Crippen molar-refractivity contribution in [2.75, 3.05) is 19.5 Å². The summed E-state index contributed by atoms with van der Waals surface area (Å²) in [7, 11) is -1.35. The Morgan fingerprint density at radius 2 is 1.87 bits per heavy atom. The van der Waals surface area contributed by atoms with E-state index in [1.807, 2.05) is 50.5 Å². The Balaban J connectivity index is 1.67. The Kier molecular flexibility index (Phi) is 6.65. The quantitative estimate of drug-likeness (QED) is 0.289. The first-order valence-electron chi connectivity index (χ1n) is 12.9. The van der Waals surface area contributed by atoms with Crippen LogP contribution in [-0.2, 0) is 27.4 Å². The number of nitrogens with zero attached hydrogens (tertiary/aromatic N) is 6. The molecule has 0 N–H and O–H groups in total. The van der Waals surface area contributed by atoms with Gasteiger partial charge < -0.3 is 9.30 Å². The van der Waals surface area contributed by atoms with Gasteiger partial charge in [-0.25, -0.2) is 13.1 Å². The molecule has 0 spiro atoms. The highest BCUT2D eigenvalue weighted by molar-refractivity contribution is 7.89. The van der Waals surface area contributed by atoms with E-state index in [2.05, 4.69) is 20.9 Å². The Hall–Kier alpha value is -3.34. The highest BCUT2D eigenvalue weighted by Crippen LogP contribution is 2.41. The molecule has 5 aromatic rings. The number of rotatable bonds is 6. The average Bonchev–Trinajstić information content (AvgIpc) is 3.40. The SMILES string of the molecule is Cc1nnn(C)c1-c1cnc2c3ccc(CS(C)(=O)=O)cc3n([C@@H](c3ccc(Cl)cn3)C3CCOCC3)c2c1. The maximum Gasteiger partial charge on any atom is 0.151 e. The third-order valence-electron chi connectivity index (χ3n) is 7.45. The number of aromatic nitrogens is 6. The number of hydrogen-bond acceptors (Lipinski definition) is 7. The molecule has 0 aliphatic carbocycles. The predicted molar refractivity (Wildman–Crippen MR) is 151 cm³/mol. The highest BCUT2D eigenvalue weighted by Gasteiger charge is 2.31. The van der Waals surface area contributed by atoms with Crippen LogP contribution in [0, 0.1) is 12.8 Å². The summed E-state index contributed by atoms with van der Waals surface area (Å²) in [6.07, 6.45) is 6.54. The molecule has 1 aromatic carbocycles. The summed E-state index contributed by atoms with van der Waals surface area (Å²) in [5.74, 6) is 0.206. The van der Waals surface area contributed by atoms with Gasteiger partial charge in [-0.1, -0.05) is 28.9 Å². The van der Waals surface area contributed by atoms with Crippen molar-refractivity contribution in [1.29, 1.82) is 0 Å². The molecular formula is C28H29ClN6O3S. The van der Waals surface area contributed by atoms with Gasteiger partial charge in [-0.05, 0) is 55.5 Å². The number of benzene rings is 1. The van der Waals surface area contributed by atoms with Gasteiger partial charge in [0.2, 0.25) is 0 Å². The van der Waals surface area contributed by atoms with Gasteiger partial charge in [0.1, 0.15) is 0 Å². The molecule has 0 bridgehead atoms. The van der Waals surface area contributed by atoms with Gasteiger partial charge in [-0.3, -0.25) is 9.97 Å².